The number of nitrogens with zero attached hydrogens (tertiary/aromatic N) is 3. The molecule has 0 bridgehead atoms. The molecule has 18 heavy (non-hydrogen) atoms. The third kappa shape index (κ3) is 2.13. The SMILES string of the molecule is Cn1cnnc1CNC1CCc2cc(Cl)ccc21. The summed E-state index contributed by atoms with van der Waals surface area (Å²) >= 11 is 6.01. The lowest BCUT2D eigenvalue weighted by molar-refractivity contribution is 0.511. The summed E-state index contributed by atoms with van der Waals surface area (Å²) in [5.74, 6) is 0.956. The summed E-state index contributed by atoms with van der Waals surface area (Å²) in [5, 5.41) is 12.3. The second-order valence-corrected chi connectivity index (χ2v) is 5.11. The Labute approximate surface area is 111 Å². The van der Waals surface area contributed by atoms with Gasteiger partial charge in [-0.1, -0.05) is 17.7 Å². The van der Waals surface area contributed by atoms with E-state index in [0.717, 1.165) is 30.2 Å². The molecule has 1 N–H and O–H groups in total. The van der Waals surface area contributed by atoms with Crippen molar-refractivity contribution in [2.45, 2.75) is 25.4 Å². The highest BCUT2D eigenvalue weighted by Gasteiger charge is 2.22. The van der Waals surface area contributed by atoms with Gasteiger partial charge in [0.25, 0.3) is 0 Å². The van der Waals surface area contributed by atoms with E-state index >= 15 is 0 Å². The van der Waals surface area contributed by atoms with Crippen LogP contribution in [-0.2, 0) is 20.0 Å². The van der Waals surface area contributed by atoms with E-state index in [1.165, 1.54) is 11.1 Å². The van der Waals surface area contributed by atoms with Gasteiger partial charge in [0, 0.05) is 18.1 Å². The van der Waals surface area contributed by atoms with Crippen LogP contribution in [0.15, 0.2) is 24.5 Å². The molecule has 5 heteroatoms. The number of aryl methyl sites for hydroxylation is 2. The van der Waals surface area contributed by atoms with Crippen molar-refractivity contribution in [1.29, 1.82) is 0 Å². The molecule has 0 radical (unpaired) electrons. The molecule has 4 nitrogen and oxygen atoms in total. The summed E-state index contributed by atoms with van der Waals surface area (Å²) in [6, 6.07) is 6.55. The van der Waals surface area contributed by atoms with Crippen molar-refractivity contribution >= 4 is 11.6 Å². The zero-order valence-corrected chi connectivity index (χ0v) is 11.0. The molecule has 0 saturated carbocycles. The van der Waals surface area contributed by atoms with Crippen LogP contribution in [0.5, 0.6) is 0 Å². The molecule has 1 atom stereocenters. The highest BCUT2D eigenvalue weighted by Crippen LogP contribution is 2.32. The zero-order chi connectivity index (χ0) is 12.5. The van der Waals surface area contributed by atoms with Crippen LogP contribution in [0.2, 0.25) is 5.02 Å². The summed E-state index contributed by atoms with van der Waals surface area (Å²) in [4.78, 5) is 0. The van der Waals surface area contributed by atoms with Crippen LogP contribution in [0.1, 0.15) is 29.4 Å². The number of hydrogen-bond acceptors (Lipinski definition) is 3. The van der Waals surface area contributed by atoms with Crippen molar-refractivity contribution in [3.63, 3.8) is 0 Å². The normalized spacial score (nSPS) is 18.0. The van der Waals surface area contributed by atoms with Crippen LogP contribution >= 0.6 is 11.6 Å². The Morgan fingerprint density at radius 2 is 2.39 bits per heavy atom. The van der Waals surface area contributed by atoms with Gasteiger partial charge in [-0.15, -0.1) is 10.2 Å². The van der Waals surface area contributed by atoms with Crippen LogP contribution in [0.4, 0.5) is 0 Å². The van der Waals surface area contributed by atoms with Crippen molar-refractivity contribution in [3.8, 4) is 0 Å². The van der Waals surface area contributed by atoms with E-state index in [-0.39, 0.29) is 0 Å². The lowest BCUT2D eigenvalue weighted by Crippen LogP contribution is -2.20. The monoisotopic (exact) mass is 262 g/mol. The van der Waals surface area contributed by atoms with Crippen LogP contribution in [0, 0.1) is 0 Å². The number of halogens is 1. The Balaban J connectivity index is 1.71. The highest BCUT2D eigenvalue weighted by atomic mass is 35.5. The molecule has 1 aromatic carbocycles. The third-order valence-corrected chi connectivity index (χ3v) is 3.73. The fraction of sp³-hybridized carbons (Fsp3) is 0.385. The predicted molar refractivity (Wildman–Crippen MR) is 70.4 cm³/mol. The molecule has 0 saturated heterocycles. The minimum atomic E-state index is 0.397. The number of nitrogens with one attached hydrogen (secondary N) is 1. The van der Waals surface area contributed by atoms with Gasteiger partial charge in [0.05, 0.1) is 6.54 Å². The first-order chi connectivity index (χ1) is 8.74. The van der Waals surface area contributed by atoms with E-state index in [2.05, 4.69) is 27.6 Å². The smallest absolute Gasteiger partial charge is 0.146 e. The van der Waals surface area contributed by atoms with Gasteiger partial charge in [0.1, 0.15) is 12.2 Å². The molecule has 1 unspecified atom stereocenters. The van der Waals surface area contributed by atoms with Crippen molar-refractivity contribution in [1.82, 2.24) is 20.1 Å². The summed E-state index contributed by atoms with van der Waals surface area (Å²) in [5.41, 5.74) is 2.72. The van der Waals surface area contributed by atoms with Crippen LogP contribution in [0.25, 0.3) is 0 Å². The Morgan fingerprint density at radius 1 is 1.50 bits per heavy atom. The number of fused-ring (bicyclic) bond motifs is 1. The fourth-order valence-corrected chi connectivity index (χ4v) is 2.67. The average molecular weight is 263 g/mol. The van der Waals surface area contributed by atoms with Gasteiger partial charge in [0.15, 0.2) is 0 Å². The predicted octanol–water partition coefficient (Wildman–Crippen LogP) is 2.25. The molecule has 0 spiro atoms. The molecule has 1 aliphatic carbocycles. The van der Waals surface area contributed by atoms with Gasteiger partial charge in [-0.2, -0.15) is 0 Å². The minimum Gasteiger partial charge on any atom is -0.320 e. The largest absolute Gasteiger partial charge is 0.320 e. The summed E-state index contributed by atoms with van der Waals surface area (Å²) < 4.78 is 1.94. The van der Waals surface area contributed by atoms with Crippen LogP contribution < -0.4 is 5.32 Å². The van der Waals surface area contributed by atoms with E-state index in [9.17, 15) is 0 Å². The van der Waals surface area contributed by atoms with E-state index < -0.39 is 0 Å². The maximum atomic E-state index is 6.01. The van der Waals surface area contributed by atoms with Gasteiger partial charge >= 0.3 is 0 Å². The first-order valence-electron chi connectivity index (χ1n) is 6.08. The number of aromatic nitrogens is 3. The van der Waals surface area contributed by atoms with Gasteiger partial charge in [-0.3, -0.25) is 0 Å². The standard InChI is InChI=1S/C13H15ClN4/c1-18-8-16-17-13(18)7-15-12-5-2-9-6-10(14)3-4-11(9)12/h3-4,6,8,12,15H,2,5,7H2,1H3. The van der Waals surface area contributed by atoms with E-state index in [1.54, 1.807) is 6.33 Å². The van der Waals surface area contributed by atoms with Crippen molar-refractivity contribution in [3.05, 3.63) is 46.5 Å². The van der Waals surface area contributed by atoms with Crippen LogP contribution in [0.3, 0.4) is 0 Å². The van der Waals surface area contributed by atoms with E-state index in [4.69, 9.17) is 11.6 Å². The zero-order valence-electron chi connectivity index (χ0n) is 10.2. The quantitative estimate of drug-likeness (QED) is 0.923. The van der Waals surface area contributed by atoms with Gasteiger partial charge in [-0.05, 0) is 36.1 Å². The topological polar surface area (TPSA) is 42.7 Å². The molecule has 3 rings (SSSR count). The first-order valence-corrected chi connectivity index (χ1v) is 6.46. The summed E-state index contributed by atoms with van der Waals surface area (Å²) in [7, 11) is 1.96. The van der Waals surface area contributed by atoms with Gasteiger partial charge in [-0.25, -0.2) is 0 Å². The first kappa shape index (κ1) is 11.7. The fourth-order valence-electron chi connectivity index (χ4n) is 2.48. The Hall–Kier alpha value is -1.39. The maximum absolute atomic E-state index is 6.01. The lowest BCUT2D eigenvalue weighted by Gasteiger charge is -2.13. The second kappa shape index (κ2) is 4.71. The van der Waals surface area contributed by atoms with Crippen molar-refractivity contribution in [2.75, 3.05) is 0 Å². The molecule has 1 aliphatic rings. The Morgan fingerprint density at radius 3 is 3.17 bits per heavy atom. The van der Waals surface area contributed by atoms with E-state index in [1.807, 2.05) is 17.7 Å². The van der Waals surface area contributed by atoms with Crippen LogP contribution in [-0.4, -0.2) is 14.8 Å². The van der Waals surface area contributed by atoms with Crippen molar-refractivity contribution in [2.24, 2.45) is 7.05 Å². The van der Waals surface area contributed by atoms with E-state index in [0.29, 0.717) is 6.04 Å². The third-order valence-electron chi connectivity index (χ3n) is 3.49. The molecule has 0 amide bonds. The molecular formula is C13H15ClN4. The minimum absolute atomic E-state index is 0.397. The Bertz CT molecular complexity index is 564. The number of rotatable bonds is 3. The second-order valence-electron chi connectivity index (χ2n) is 4.67. The highest BCUT2D eigenvalue weighted by molar-refractivity contribution is 6.30. The molecule has 2 aromatic rings. The molecule has 1 heterocycles. The molecule has 94 valence electrons. The summed E-state index contributed by atoms with van der Waals surface area (Å²) in [6.07, 6.45) is 3.93. The average Bonchev–Trinajstić information content (AvgIpc) is 2.93. The lowest BCUT2D eigenvalue weighted by atomic mass is 10.1. The maximum Gasteiger partial charge on any atom is 0.146 e. The number of hydrogen-bond donors (Lipinski definition) is 1. The molecule has 1 aromatic heterocycles. The molecule has 0 aliphatic heterocycles. The van der Waals surface area contributed by atoms with Crippen molar-refractivity contribution < 1.29 is 0 Å². The molecule has 0 fully saturated rings. The summed E-state index contributed by atoms with van der Waals surface area (Å²) in [6.45, 7) is 0.739. The Kier molecular flexibility index (Phi) is 3.06. The van der Waals surface area contributed by atoms with Gasteiger partial charge < -0.3 is 9.88 Å². The van der Waals surface area contributed by atoms with Gasteiger partial charge in [0.2, 0.25) is 0 Å². The molecular weight excluding hydrogens is 248 g/mol. The number of benzene rings is 1.